The number of nitrogens with zero attached hydrogens (tertiary/aromatic N) is 20. The van der Waals surface area contributed by atoms with Gasteiger partial charge in [-0.05, 0) is 47.6 Å². The first-order valence-electron chi connectivity index (χ1n) is 26.3. The standard InChI is InChI=1S/C14H4N4O2.C13H3FN4O.C13H5N5O.C13H4N4O2.C12H4N4S/c15-5-9-10(6-16)18-12-11(17-9)13(19)7-3-1-2-4-8(7)14(12)20;14-6-1-2-7-8(3-6)13(19)12-11(7)17-9(4-15)10(5-16)18-12;14-5-9-10(6-15)17-13-11(16-9)7-3-1-2-4-8(7)12(13)18-19;14-4-9-10(5-15)17-12-11(16-9)7-2-1-6(18)3-8(7)13(12)19;13-5-8-9(6-14)16-12-11(15-8)7-3-1-2-4-10(7)17-12/h1-4H;1-3H;1-4,17H;1-3,18H;1-4H. The Hall–Kier alpha value is -15.5. The maximum absolute atomic E-state index is 13.2. The summed E-state index contributed by atoms with van der Waals surface area (Å²) in [6, 6.07) is 47.1. The van der Waals surface area contributed by atoms with E-state index in [2.05, 4.69) is 55.0 Å². The van der Waals surface area contributed by atoms with Crippen molar-refractivity contribution in [2.45, 2.75) is 0 Å². The molecule has 0 unspecified atom stereocenters. The van der Waals surface area contributed by atoms with Crippen LogP contribution in [0.3, 0.4) is 0 Å². The molecule has 0 saturated carbocycles. The molecule has 15 rings (SSSR count). The third kappa shape index (κ3) is 10.3. The SMILES string of the molecule is N#Cc1nc2c(nc1C#N)-c1ccc(F)cc1C2=O.N#Cc1nc2c(nc1C#N)-c1ccc(O)cc1C2=O.N#Cc1nc2c(nc1C#N)C(=O)c1ccccc1C2=O.N#Cc1nc2c3ccccc3c(N=O)c-2[nH]c1C#N.N#Cc1nc2sc3ccccc3c2nc1C#N. The van der Waals surface area contributed by atoms with Crippen molar-refractivity contribution in [3.8, 4) is 100 Å². The number of fused-ring (bicyclic) bond motifs is 14. The minimum Gasteiger partial charge on any atom is -0.508 e. The number of aromatic hydroxyl groups is 1. The number of H-pyrrole nitrogens is 1. The fraction of sp³-hybridized carbons (Fsp3) is 0. The smallest absolute Gasteiger partial charge is 0.214 e. The zero-order valence-electron chi connectivity index (χ0n) is 46.6. The molecule has 2 N–H and O–H groups in total. The minimum atomic E-state index is -0.541. The summed E-state index contributed by atoms with van der Waals surface area (Å²) in [7, 11) is 0. The number of rotatable bonds is 1. The van der Waals surface area contributed by atoms with Gasteiger partial charge in [0.25, 0.3) is 0 Å². The van der Waals surface area contributed by atoms with Crippen molar-refractivity contribution in [2.24, 2.45) is 5.18 Å². The molecule has 10 aromatic rings. The van der Waals surface area contributed by atoms with Gasteiger partial charge < -0.3 is 10.1 Å². The summed E-state index contributed by atoms with van der Waals surface area (Å²) >= 11 is 1.48. The Morgan fingerprint density at radius 2 is 0.787 bits per heavy atom. The Balaban J connectivity index is 0.000000120. The molecular formula is C65H20FN21O6S. The molecule has 0 fully saturated rings. The summed E-state index contributed by atoms with van der Waals surface area (Å²) in [5.41, 5.74) is 2.77. The van der Waals surface area contributed by atoms with Crippen molar-refractivity contribution in [1.82, 2.24) is 49.8 Å². The summed E-state index contributed by atoms with van der Waals surface area (Å²) in [5, 5.41) is 104. The van der Waals surface area contributed by atoms with Crippen LogP contribution < -0.4 is 0 Å². The molecule has 0 spiro atoms. The van der Waals surface area contributed by atoms with Gasteiger partial charge in [-0.1, -0.05) is 66.7 Å². The first-order chi connectivity index (χ1) is 45.6. The van der Waals surface area contributed by atoms with Crippen LogP contribution in [0.25, 0.3) is 65.1 Å². The third-order valence-corrected chi connectivity index (χ3v) is 15.0. The molecule has 0 atom stereocenters. The highest BCUT2D eigenvalue weighted by Crippen LogP contribution is 2.43. The molecule has 5 aromatic carbocycles. The normalized spacial score (nSPS) is 11.1. The molecule has 5 aliphatic rings. The maximum Gasteiger partial charge on any atom is 0.214 e. The van der Waals surface area contributed by atoms with Crippen LogP contribution in [-0.2, 0) is 0 Å². The van der Waals surface area contributed by atoms with Crippen molar-refractivity contribution in [2.75, 3.05) is 0 Å². The number of hydrogen-bond donors (Lipinski definition) is 2. The molecule has 94 heavy (non-hydrogen) atoms. The lowest BCUT2D eigenvalue weighted by molar-refractivity contribution is 0.0971. The predicted octanol–water partition coefficient (Wildman–Crippen LogP) is 9.10. The van der Waals surface area contributed by atoms with Crippen LogP contribution in [0.15, 0.2) is 114 Å². The molecule has 5 aromatic heterocycles. The number of nitroso groups, excluding NO2 is 1. The highest BCUT2D eigenvalue weighted by molar-refractivity contribution is 7.25. The van der Waals surface area contributed by atoms with E-state index in [9.17, 15) is 33.6 Å². The summed E-state index contributed by atoms with van der Waals surface area (Å²) in [4.78, 5) is 99.1. The largest absolute Gasteiger partial charge is 0.508 e. The number of phenolic OH excluding ortho intramolecular Hbond substituents is 1. The van der Waals surface area contributed by atoms with Gasteiger partial charge in [-0.2, -0.15) is 52.6 Å². The number of aromatic nitrogens is 10. The van der Waals surface area contributed by atoms with Crippen LogP contribution in [0.1, 0.15) is 121 Å². The maximum atomic E-state index is 13.2. The number of carbonyl (C=O) groups is 4. The monoisotopic (exact) mass is 1240 g/mol. The van der Waals surface area contributed by atoms with Crippen LogP contribution in [0.2, 0.25) is 0 Å². The average Bonchev–Trinajstić information content (AvgIpc) is 1.77. The van der Waals surface area contributed by atoms with Crippen molar-refractivity contribution >= 4 is 71.4 Å². The van der Waals surface area contributed by atoms with Crippen LogP contribution >= 0.6 is 11.3 Å². The Morgan fingerprint density at radius 1 is 0.394 bits per heavy atom. The van der Waals surface area contributed by atoms with Gasteiger partial charge in [0.15, 0.2) is 56.9 Å². The van der Waals surface area contributed by atoms with Crippen LogP contribution in [0, 0.1) is 124 Å². The van der Waals surface area contributed by atoms with Gasteiger partial charge in [0, 0.05) is 54.2 Å². The summed E-state index contributed by atoms with van der Waals surface area (Å²) in [6.45, 7) is 0. The lowest BCUT2D eigenvalue weighted by Gasteiger charge is -2.15. The number of carbonyl (C=O) groups excluding carboxylic acids is 4. The number of aromatic amines is 1. The zero-order valence-corrected chi connectivity index (χ0v) is 47.4. The van der Waals surface area contributed by atoms with E-state index < -0.39 is 29.0 Å². The number of phenols is 1. The fourth-order valence-corrected chi connectivity index (χ4v) is 10.8. The number of halogens is 1. The molecule has 0 saturated heterocycles. The second-order valence-electron chi connectivity index (χ2n) is 19.1. The van der Waals surface area contributed by atoms with E-state index in [0.717, 1.165) is 21.5 Å². The van der Waals surface area contributed by atoms with E-state index in [1.165, 1.54) is 53.8 Å². The number of ketones is 4. The number of hydrogen-bond acceptors (Lipinski definition) is 27. The lowest BCUT2D eigenvalue weighted by Crippen LogP contribution is -2.25. The van der Waals surface area contributed by atoms with Crippen LogP contribution in [0.4, 0.5) is 10.1 Å². The highest BCUT2D eigenvalue weighted by Gasteiger charge is 2.35. The minimum absolute atomic E-state index is 0.00296. The second-order valence-corrected chi connectivity index (χ2v) is 20.1. The molecule has 1 aliphatic heterocycles. The summed E-state index contributed by atoms with van der Waals surface area (Å²) < 4.78 is 14.2. The Labute approximate surface area is 527 Å². The number of nitrogens with one attached hydrogen (secondary N) is 1. The van der Waals surface area contributed by atoms with Crippen molar-refractivity contribution in [3.05, 3.63) is 222 Å². The molecule has 6 heterocycles. The van der Waals surface area contributed by atoms with Crippen molar-refractivity contribution in [1.29, 1.82) is 52.6 Å². The van der Waals surface area contributed by atoms with E-state index in [1.54, 1.807) is 66.7 Å². The predicted molar refractivity (Wildman–Crippen MR) is 319 cm³/mol. The van der Waals surface area contributed by atoms with Gasteiger partial charge in [-0.15, -0.1) is 16.2 Å². The van der Waals surface area contributed by atoms with Gasteiger partial charge in [0.05, 0.1) is 11.4 Å². The lowest BCUT2D eigenvalue weighted by atomic mass is 9.89. The quantitative estimate of drug-likeness (QED) is 0.145. The first kappa shape index (κ1) is 60.2. The Morgan fingerprint density at radius 3 is 1.28 bits per heavy atom. The molecule has 0 amide bonds. The van der Waals surface area contributed by atoms with Gasteiger partial charge in [-0.3, -0.25) is 19.2 Å². The van der Waals surface area contributed by atoms with E-state index in [1.807, 2.05) is 54.6 Å². The van der Waals surface area contributed by atoms with Crippen LogP contribution in [-0.4, -0.2) is 78.1 Å². The molecule has 27 nitrogen and oxygen atoms in total. The van der Waals surface area contributed by atoms with Crippen molar-refractivity contribution in [3.63, 3.8) is 0 Å². The van der Waals surface area contributed by atoms with E-state index in [-0.39, 0.29) is 125 Å². The highest BCUT2D eigenvalue weighted by atomic mass is 32.1. The van der Waals surface area contributed by atoms with E-state index >= 15 is 0 Å². The van der Waals surface area contributed by atoms with Crippen molar-refractivity contribution < 1.29 is 28.7 Å². The average molecular weight is 1240 g/mol. The van der Waals surface area contributed by atoms with E-state index in [0.29, 0.717) is 38.2 Å². The van der Waals surface area contributed by atoms with Gasteiger partial charge >= 0.3 is 0 Å². The fourth-order valence-electron chi connectivity index (χ4n) is 9.81. The molecular weight excluding hydrogens is 1220 g/mol. The Bertz CT molecular complexity index is 5670. The Kier molecular flexibility index (Phi) is 15.8. The molecule has 4 aliphatic carbocycles. The topological polar surface area (TPSA) is 488 Å². The number of nitriles is 10. The molecule has 0 radical (unpaired) electrons. The van der Waals surface area contributed by atoms with Gasteiger partial charge in [-0.25, -0.2) is 49.2 Å². The number of benzene rings is 5. The van der Waals surface area contributed by atoms with Gasteiger partial charge in [0.2, 0.25) is 23.1 Å². The zero-order chi connectivity index (χ0) is 66.6. The van der Waals surface area contributed by atoms with Gasteiger partial charge in [0.1, 0.15) is 122 Å². The summed E-state index contributed by atoms with van der Waals surface area (Å²) in [6.07, 6.45) is 0. The molecule has 29 heteroatoms. The van der Waals surface area contributed by atoms with Crippen LogP contribution in [0.5, 0.6) is 5.75 Å². The van der Waals surface area contributed by atoms with E-state index in [4.69, 9.17) is 52.6 Å². The molecule has 0 bridgehead atoms. The third-order valence-electron chi connectivity index (χ3n) is 13.9. The number of thiophene rings is 1. The second kappa shape index (κ2) is 24.7. The molecule has 434 valence electrons. The first-order valence-corrected chi connectivity index (χ1v) is 27.1. The summed E-state index contributed by atoms with van der Waals surface area (Å²) in [5.74, 6) is -2.42.